The number of hydrogen-bond donors (Lipinski definition) is 1. The Bertz CT molecular complexity index is 504. The van der Waals surface area contributed by atoms with Crippen molar-refractivity contribution in [2.75, 3.05) is 26.2 Å². The zero-order valence-electron chi connectivity index (χ0n) is 14.8. The number of likely N-dealkylation sites (tertiary alicyclic amines) is 2. The Hall–Kier alpha value is -1.79. The predicted molar refractivity (Wildman–Crippen MR) is 87.5 cm³/mol. The molecule has 1 N–H and O–H groups in total. The van der Waals surface area contributed by atoms with E-state index in [-0.39, 0.29) is 25.0 Å². The lowest BCUT2D eigenvalue weighted by molar-refractivity contribution is -0.151. The van der Waals surface area contributed by atoms with Gasteiger partial charge in [-0.05, 0) is 46.5 Å². The molecular weight excluding hydrogens is 312 g/mol. The largest absolute Gasteiger partial charge is 0.481 e. The number of piperidine rings is 2. The molecule has 2 saturated heterocycles. The number of amides is 2. The highest BCUT2D eigenvalue weighted by molar-refractivity contribution is 5.84. The molecule has 2 fully saturated rings. The molecule has 0 aromatic heterocycles. The first-order chi connectivity index (χ1) is 11.1. The molecule has 0 atom stereocenters. The van der Waals surface area contributed by atoms with E-state index in [1.54, 1.807) is 9.80 Å². The van der Waals surface area contributed by atoms with E-state index in [1.165, 1.54) is 0 Å². The van der Waals surface area contributed by atoms with Crippen molar-refractivity contribution in [3.8, 4) is 0 Å². The molecule has 0 aliphatic carbocycles. The molecule has 7 heteroatoms. The van der Waals surface area contributed by atoms with Crippen LogP contribution in [0.4, 0.5) is 4.79 Å². The van der Waals surface area contributed by atoms with Gasteiger partial charge in [0.25, 0.3) is 0 Å². The van der Waals surface area contributed by atoms with Crippen LogP contribution in [0.2, 0.25) is 0 Å². The molecule has 0 saturated carbocycles. The number of carboxylic acids is 1. The summed E-state index contributed by atoms with van der Waals surface area (Å²) < 4.78 is 5.39. The number of aliphatic carboxylic acids is 1. The van der Waals surface area contributed by atoms with E-state index in [9.17, 15) is 14.4 Å². The second-order valence-corrected chi connectivity index (χ2v) is 7.79. The van der Waals surface area contributed by atoms with Crippen molar-refractivity contribution < 1.29 is 24.2 Å². The monoisotopic (exact) mass is 340 g/mol. The third kappa shape index (κ3) is 4.39. The van der Waals surface area contributed by atoms with Crippen molar-refractivity contribution in [2.24, 2.45) is 5.41 Å². The van der Waals surface area contributed by atoms with Gasteiger partial charge in [0.1, 0.15) is 5.60 Å². The second kappa shape index (κ2) is 6.99. The minimum Gasteiger partial charge on any atom is -0.481 e. The highest BCUT2D eigenvalue weighted by atomic mass is 16.6. The number of carboxylic acid groups (broad SMARTS) is 1. The summed E-state index contributed by atoms with van der Waals surface area (Å²) in [6, 6.07) is 0. The fraction of sp³-hybridized carbons (Fsp3) is 0.824. The summed E-state index contributed by atoms with van der Waals surface area (Å²) in [4.78, 5) is 39.1. The van der Waals surface area contributed by atoms with Crippen molar-refractivity contribution in [3.63, 3.8) is 0 Å². The molecule has 0 aromatic rings. The summed E-state index contributed by atoms with van der Waals surface area (Å²) in [7, 11) is 0. The lowest BCUT2D eigenvalue weighted by Crippen LogP contribution is -2.55. The molecule has 0 unspecified atom stereocenters. The zero-order chi connectivity index (χ0) is 18.0. The number of carbonyl (C=O) groups is 3. The number of ether oxygens (including phenoxy) is 1. The normalized spacial score (nSPS) is 21.0. The smallest absolute Gasteiger partial charge is 0.410 e. The van der Waals surface area contributed by atoms with Gasteiger partial charge in [-0.3, -0.25) is 9.59 Å². The average molecular weight is 340 g/mol. The maximum atomic E-state index is 12.8. The van der Waals surface area contributed by atoms with Crippen LogP contribution >= 0.6 is 0 Å². The van der Waals surface area contributed by atoms with Gasteiger partial charge in [0.15, 0.2) is 0 Å². The van der Waals surface area contributed by atoms with Gasteiger partial charge in [-0.2, -0.15) is 0 Å². The zero-order valence-corrected chi connectivity index (χ0v) is 14.8. The first-order valence-electron chi connectivity index (χ1n) is 8.62. The Labute approximate surface area is 142 Å². The minimum absolute atomic E-state index is 0.0220. The van der Waals surface area contributed by atoms with Gasteiger partial charge in [0.2, 0.25) is 5.91 Å². The van der Waals surface area contributed by atoms with Crippen LogP contribution in [-0.2, 0) is 14.3 Å². The Balaban J connectivity index is 1.94. The van der Waals surface area contributed by atoms with Gasteiger partial charge in [-0.1, -0.05) is 0 Å². The molecule has 136 valence electrons. The fourth-order valence-corrected chi connectivity index (χ4v) is 3.50. The average Bonchev–Trinajstić information content (AvgIpc) is 2.48. The van der Waals surface area contributed by atoms with Crippen LogP contribution in [0.25, 0.3) is 0 Å². The van der Waals surface area contributed by atoms with E-state index in [2.05, 4.69) is 0 Å². The summed E-state index contributed by atoms with van der Waals surface area (Å²) in [5.41, 5.74) is -0.963. The van der Waals surface area contributed by atoms with Crippen molar-refractivity contribution in [3.05, 3.63) is 0 Å². The van der Waals surface area contributed by atoms with Gasteiger partial charge in [0.05, 0.1) is 11.8 Å². The maximum absolute atomic E-state index is 12.8. The Morgan fingerprint density at radius 1 is 1.17 bits per heavy atom. The van der Waals surface area contributed by atoms with E-state index in [0.717, 1.165) is 12.8 Å². The molecule has 0 aromatic carbocycles. The number of nitrogens with zero attached hydrogens (tertiary/aromatic N) is 2. The van der Waals surface area contributed by atoms with E-state index >= 15 is 0 Å². The van der Waals surface area contributed by atoms with Gasteiger partial charge in [-0.15, -0.1) is 0 Å². The third-order valence-electron chi connectivity index (χ3n) is 4.79. The SMILES string of the molecule is CC(C)(C)OC(=O)N1CCC2(CCCN(CCC(=O)O)C2=O)CC1. The van der Waals surface area contributed by atoms with Crippen molar-refractivity contribution in [1.82, 2.24) is 9.80 Å². The lowest BCUT2D eigenvalue weighted by Gasteiger charge is -2.46. The van der Waals surface area contributed by atoms with Gasteiger partial charge < -0.3 is 19.6 Å². The van der Waals surface area contributed by atoms with E-state index < -0.39 is 17.0 Å². The molecule has 2 aliphatic heterocycles. The van der Waals surface area contributed by atoms with E-state index in [4.69, 9.17) is 9.84 Å². The minimum atomic E-state index is -0.887. The molecule has 0 radical (unpaired) electrons. The van der Waals surface area contributed by atoms with Crippen LogP contribution in [0.1, 0.15) is 52.9 Å². The molecule has 7 nitrogen and oxygen atoms in total. The van der Waals surface area contributed by atoms with Crippen molar-refractivity contribution >= 4 is 18.0 Å². The first kappa shape index (κ1) is 18.5. The Kier molecular flexibility index (Phi) is 5.40. The highest BCUT2D eigenvalue weighted by Crippen LogP contribution is 2.41. The third-order valence-corrected chi connectivity index (χ3v) is 4.79. The van der Waals surface area contributed by atoms with Gasteiger partial charge in [-0.25, -0.2) is 4.79 Å². The summed E-state index contributed by atoms with van der Waals surface area (Å²) >= 11 is 0. The quantitative estimate of drug-likeness (QED) is 0.850. The van der Waals surface area contributed by atoms with Gasteiger partial charge in [0, 0.05) is 26.2 Å². The van der Waals surface area contributed by atoms with E-state index in [1.807, 2.05) is 20.8 Å². The fourth-order valence-electron chi connectivity index (χ4n) is 3.50. The maximum Gasteiger partial charge on any atom is 0.410 e. The molecule has 2 heterocycles. The summed E-state index contributed by atoms with van der Waals surface area (Å²) in [6.07, 6.45) is 2.59. The second-order valence-electron chi connectivity index (χ2n) is 7.79. The lowest BCUT2D eigenvalue weighted by atomic mass is 9.71. The molecule has 2 rings (SSSR count). The van der Waals surface area contributed by atoms with Crippen LogP contribution in [0.15, 0.2) is 0 Å². The standard InChI is InChI=1S/C17H28N2O5/c1-16(2,3)24-15(23)19-11-7-17(8-12-19)6-4-9-18(14(17)22)10-5-13(20)21/h4-12H2,1-3H3,(H,20,21). The molecular formula is C17H28N2O5. The van der Waals surface area contributed by atoms with Crippen LogP contribution in [-0.4, -0.2) is 64.7 Å². The summed E-state index contributed by atoms with van der Waals surface area (Å²) in [6.45, 7) is 7.42. The Morgan fingerprint density at radius 2 is 1.79 bits per heavy atom. The molecule has 2 aliphatic rings. The van der Waals surface area contributed by atoms with Crippen LogP contribution in [0, 0.1) is 5.41 Å². The highest BCUT2D eigenvalue weighted by Gasteiger charge is 2.46. The number of hydrogen-bond acceptors (Lipinski definition) is 4. The van der Waals surface area contributed by atoms with Gasteiger partial charge >= 0.3 is 12.1 Å². The number of carbonyl (C=O) groups excluding carboxylic acids is 2. The molecule has 24 heavy (non-hydrogen) atoms. The summed E-state index contributed by atoms with van der Waals surface area (Å²) in [5, 5.41) is 8.82. The molecule has 2 amide bonds. The van der Waals surface area contributed by atoms with Crippen LogP contribution in [0.3, 0.4) is 0 Å². The van der Waals surface area contributed by atoms with E-state index in [0.29, 0.717) is 32.5 Å². The Morgan fingerprint density at radius 3 is 2.33 bits per heavy atom. The predicted octanol–water partition coefficient (Wildman–Crippen LogP) is 2.10. The van der Waals surface area contributed by atoms with Crippen molar-refractivity contribution in [1.29, 1.82) is 0 Å². The van der Waals surface area contributed by atoms with Crippen LogP contribution < -0.4 is 0 Å². The summed E-state index contributed by atoms with van der Waals surface area (Å²) in [5.74, 6) is -0.832. The number of rotatable bonds is 3. The molecule has 0 bridgehead atoms. The topological polar surface area (TPSA) is 87.2 Å². The first-order valence-corrected chi connectivity index (χ1v) is 8.62. The van der Waals surface area contributed by atoms with Crippen LogP contribution in [0.5, 0.6) is 0 Å². The molecule has 1 spiro atoms. The van der Waals surface area contributed by atoms with Crippen molar-refractivity contribution in [2.45, 2.75) is 58.5 Å².